The third kappa shape index (κ3) is 5.31. The standard InChI is InChI=1S/C32H29N3O/c33-23-26-15-13-25(14-16-26)18-20-32(36)34-21-7-8-28-22-27(17-19-31(28)34)24-35(29-9-3-1-4-10-29)30-11-5-2-6-12-30/h1-6,9-17,19,22H,7-8,18,20-21,24H2. The third-order valence-corrected chi connectivity index (χ3v) is 6.75. The molecule has 0 bridgehead atoms. The maximum Gasteiger partial charge on any atom is 0.227 e. The highest BCUT2D eigenvalue weighted by Gasteiger charge is 2.23. The Hall–Kier alpha value is -4.36. The van der Waals surface area contributed by atoms with Crippen LogP contribution < -0.4 is 9.80 Å². The molecule has 0 atom stereocenters. The number of para-hydroxylation sites is 2. The summed E-state index contributed by atoms with van der Waals surface area (Å²) < 4.78 is 0. The van der Waals surface area contributed by atoms with Crippen molar-refractivity contribution in [2.75, 3.05) is 16.3 Å². The van der Waals surface area contributed by atoms with Crippen LogP contribution in [0.3, 0.4) is 0 Å². The molecule has 1 aliphatic heterocycles. The minimum absolute atomic E-state index is 0.156. The van der Waals surface area contributed by atoms with Crippen molar-refractivity contribution in [1.82, 2.24) is 0 Å². The van der Waals surface area contributed by atoms with E-state index in [-0.39, 0.29) is 5.91 Å². The van der Waals surface area contributed by atoms with E-state index in [1.54, 1.807) is 0 Å². The van der Waals surface area contributed by atoms with Crippen molar-refractivity contribution in [3.63, 3.8) is 0 Å². The van der Waals surface area contributed by atoms with Gasteiger partial charge in [0.2, 0.25) is 5.91 Å². The fourth-order valence-electron chi connectivity index (χ4n) is 4.87. The summed E-state index contributed by atoms with van der Waals surface area (Å²) in [5, 5.41) is 8.98. The Morgan fingerprint density at radius 2 is 1.47 bits per heavy atom. The summed E-state index contributed by atoms with van der Waals surface area (Å²) in [7, 11) is 0. The van der Waals surface area contributed by atoms with Gasteiger partial charge in [-0.3, -0.25) is 4.79 Å². The highest BCUT2D eigenvalue weighted by Crippen LogP contribution is 2.32. The van der Waals surface area contributed by atoms with Gasteiger partial charge in [0.1, 0.15) is 0 Å². The number of hydrogen-bond acceptors (Lipinski definition) is 3. The second-order valence-electron chi connectivity index (χ2n) is 9.18. The molecule has 1 aliphatic rings. The molecule has 0 fully saturated rings. The number of aryl methyl sites for hydroxylation is 2. The average Bonchev–Trinajstić information content (AvgIpc) is 2.95. The summed E-state index contributed by atoms with van der Waals surface area (Å²) in [6.45, 7) is 1.52. The molecule has 0 saturated heterocycles. The van der Waals surface area contributed by atoms with Crippen molar-refractivity contribution in [3.05, 3.63) is 125 Å². The molecule has 4 aromatic rings. The summed E-state index contributed by atoms with van der Waals surface area (Å²) in [5.74, 6) is 0.156. The van der Waals surface area contributed by atoms with Crippen LogP contribution in [0.15, 0.2) is 103 Å². The molecule has 1 amide bonds. The zero-order chi connectivity index (χ0) is 24.7. The monoisotopic (exact) mass is 471 g/mol. The van der Waals surface area contributed by atoms with Crippen molar-refractivity contribution < 1.29 is 4.79 Å². The molecule has 0 radical (unpaired) electrons. The Labute approximate surface area is 213 Å². The summed E-state index contributed by atoms with van der Waals surface area (Å²) in [4.78, 5) is 17.4. The smallest absolute Gasteiger partial charge is 0.227 e. The molecule has 5 rings (SSSR count). The van der Waals surface area contributed by atoms with E-state index in [0.29, 0.717) is 18.4 Å². The van der Waals surface area contributed by atoms with Gasteiger partial charge in [-0.25, -0.2) is 0 Å². The van der Waals surface area contributed by atoms with Gasteiger partial charge in [0.25, 0.3) is 0 Å². The predicted molar refractivity (Wildman–Crippen MR) is 145 cm³/mol. The van der Waals surface area contributed by atoms with Gasteiger partial charge in [-0.05, 0) is 78.4 Å². The molecule has 0 unspecified atom stereocenters. The molecule has 4 heteroatoms. The van der Waals surface area contributed by atoms with E-state index in [2.05, 4.69) is 77.7 Å². The molecule has 1 heterocycles. The summed E-state index contributed by atoms with van der Waals surface area (Å²) >= 11 is 0. The average molecular weight is 472 g/mol. The van der Waals surface area contributed by atoms with Gasteiger partial charge in [0.05, 0.1) is 11.6 Å². The first-order valence-corrected chi connectivity index (χ1v) is 12.5. The van der Waals surface area contributed by atoms with Gasteiger partial charge in [-0.15, -0.1) is 0 Å². The zero-order valence-corrected chi connectivity index (χ0v) is 20.3. The van der Waals surface area contributed by atoms with E-state index < -0.39 is 0 Å². The van der Waals surface area contributed by atoms with Gasteiger partial charge in [-0.2, -0.15) is 5.26 Å². The Balaban J connectivity index is 1.32. The van der Waals surface area contributed by atoms with Gasteiger partial charge >= 0.3 is 0 Å². The van der Waals surface area contributed by atoms with Crippen LogP contribution in [0.25, 0.3) is 0 Å². The van der Waals surface area contributed by atoms with Crippen LogP contribution in [-0.4, -0.2) is 12.5 Å². The van der Waals surface area contributed by atoms with E-state index >= 15 is 0 Å². The first kappa shape index (κ1) is 23.4. The van der Waals surface area contributed by atoms with Crippen LogP contribution in [0.4, 0.5) is 17.1 Å². The van der Waals surface area contributed by atoms with Gasteiger partial charge in [0.15, 0.2) is 0 Å². The Bertz CT molecular complexity index is 1320. The molecule has 0 aliphatic carbocycles. The van der Waals surface area contributed by atoms with Crippen molar-refractivity contribution in [3.8, 4) is 6.07 Å². The van der Waals surface area contributed by atoms with E-state index in [0.717, 1.165) is 48.6 Å². The molecule has 0 spiro atoms. The van der Waals surface area contributed by atoms with Crippen LogP contribution in [0, 0.1) is 11.3 Å². The first-order chi connectivity index (χ1) is 17.7. The van der Waals surface area contributed by atoms with Gasteiger partial charge in [-0.1, -0.05) is 60.7 Å². The lowest BCUT2D eigenvalue weighted by atomic mass is 9.98. The Kier molecular flexibility index (Phi) is 7.10. The lowest BCUT2D eigenvalue weighted by molar-refractivity contribution is -0.118. The maximum atomic E-state index is 13.2. The molecular formula is C32H29N3O. The normalized spacial score (nSPS) is 12.5. The number of carbonyl (C=O) groups excluding carboxylic acids is 1. The number of carbonyl (C=O) groups is 1. The maximum absolute atomic E-state index is 13.2. The number of nitriles is 1. The highest BCUT2D eigenvalue weighted by molar-refractivity contribution is 5.94. The SMILES string of the molecule is N#Cc1ccc(CCC(=O)N2CCCc3cc(CN(c4ccccc4)c4ccccc4)ccc32)cc1. The number of benzene rings is 4. The van der Waals surface area contributed by atoms with Crippen LogP contribution >= 0.6 is 0 Å². The summed E-state index contributed by atoms with van der Waals surface area (Å²) in [5.41, 5.74) is 7.54. The van der Waals surface area contributed by atoms with Crippen LogP contribution in [-0.2, 0) is 24.2 Å². The quantitative estimate of drug-likeness (QED) is 0.297. The van der Waals surface area contributed by atoms with Crippen molar-refractivity contribution in [2.24, 2.45) is 0 Å². The predicted octanol–water partition coefficient (Wildman–Crippen LogP) is 6.81. The van der Waals surface area contributed by atoms with Crippen LogP contribution in [0.1, 0.15) is 35.1 Å². The number of amides is 1. The molecule has 0 saturated carbocycles. The number of nitrogens with zero attached hydrogens (tertiary/aromatic N) is 3. The van der Waals surface area contributed by atoms with Crippen LogP contribution in [0.2, 0.25) is 0 Å². The Morgan fingerprint density at radius 3 is 2.11 bits per heavy atom. The second-order valence-corrected chi connectivity index (χ2v) is 9.18. The lowest BCUT2D eigenvalue weighted by Gasteiger charge is -2.31. The largest absolute Gasteiger partial charge is 0.337 e. The lowest BCUT2D eigenvalue weighted by Crippen LogP contribution is -2.35. The van der Waals surface area contributed by atoms with Gasteiger partial charge in [0, 0.05) is 36.6 Å². The summed E-state index contributed by atoms with van der Waals surface area (Å²) in [6, 6.07) is 37.1. The summed E-state index contributed by atoms with van der Waals surface area (Å²) in [6.07, 6.45) is 3.10. The number of hydrogen-bond donors (Lipinski definition) is 0. The van der Waals surface area contributed by atoms with E-state index in [1.807, 2.05) is 41.3 Å². The second kappa shape index (κ2) is 10.9. The molecule has 36 heavy (non-hydrogen) atoms. The fourth-order valence-corrected chi connectivity index (χ4v) is 4.87. The van der Waals surface area contributed by atoms with E-state index in [4.69, 9.17) is 5.26 Å². The van der Waals surface area contributed by atoms with Crippen molar-refractivity contribution in [1.29, 1.82) is 5.26 Å². The van der Waals surface area contributed by atoms with Crippen molar-refractivity contribution >= 4 is 23.0 Å². The van der Waals surface area contributed by atoms with Crippen LogP contribution in [0.5, 0.6) is 0 Å². The number of rotatable bonds is 7. The molecule has 0 aromatic heterocycles. The molecule has 4 nitrogen and oxygen atoms in total. The molecule has 4 aromatic carbocycles. The fraction of sp³-hybridized carbons (Fsp3) is 0.188. The number of anilines is 3. The van der Waals surface area contributed by atoms with Crippen molar-refractivity contribution in [2.45, 2.75) is 32.2 Å². The Morgan fingerprint density at radius 1 is 0.833 bits per heavy atom. The van der Waals surface area contributed by atoms with E-state index in [9.17, 15) is 4.79 Å². The first-order valence-electron chi connectivity index (χ1n) is 12.5. The highest BCUT2D eigenvalue weighted by atomic mass is 16.2. The minimum atomic E-state index is 0.156. The third-order valence-electron chi connectivity index (χ3n) is 6.75. The number of fused-ring (bicyclic) bond motifs is 1. The molecule has 178 valence electrons. The topological polar surface area (TPSA) is 47.3 Å². The molecular weight excluding hydrogens is 442 g/mol. The molecule has 0 N–H and O–H groups in total. The zero-order valence-electron chi connectivity index (χ0n) is 20.3. The minimum Gasteiger partial charge on any atom is -0.337 e. The van der Waals surface area contributed by atoms with E-state index in [1.165, 1.54) is 11.1 Å². The van der Waals surface area contributed by atoms with Gasteiger partial charge < -0.3 is 9.80 Å².